The molecule has 2 aliphatic rings. The summed E-state index contributed by atoms with van der Waals surface area (Å²) in [4.78, 5) is 2.41. The smallest absolute Gasteiger partial charge is 0.170 e. The lowest BCUT2D eigenvalue weighted by atomic mass is 9.77. The summed E-state index contributed by atoms with van der Waals surface area (Å²) in [6, 6.07) is 16.9. The molecule has 4 rings (SSSR count). The molecule has 0 amide bonds. The van der Waals surface area contributed by atoms with Gasteiger partial charge in [0.15, 0.2) is 5.72 Å². The average Bonchev–Trinajstić information content (AvgIpc) is 3.05. The number of hydrogen-bond donors (Lipinski definition) is 0. The lowest BCUT2D eigenvalue weighted by Crippen LogP contribution is -2.51. The zero-order valence-corrected chi connectivity index (χ0v) is 15.0. The van der Waals surface area contributed by atoms with E-state index in [1.807, 2.05) is 6.07 Å². The summed E-state index contributed by atoms with van der Waals surface area (Å²) in [5, 5.41) is 0. The SMILES string of the molecule is CC1(C)c2ccccc2N2CCOC21/C=C/c1ccccc1Br. The van der Waals surface area contributed by atoms with Crippen LogP contribution in [-0.2, 0) is 10.2 Å². The van der Waals surface area contributed by atoms with Gasteiger partial charge in [-0.25, -0.2) is 0 Å². The Bertz CT molecular complexity index is 783. The fourth-order valence-corrected chi connectivity index (χ4v) is 4.36. The zero-order valence-electron chi connectivity index (χ0n) is 13.4. The minimum atomic E-state index is -0.411. The summed E-state index contributed by atoms with van der Waals surface area (Å²) < 4.78 is 7.45. The summed E-state index contributed by atoms with van der Waals surface area (Å²) in [6.45, 7) is 6.25. The molecule has 3 heteroatoms. The Kier molecular flexibility index (Phi) is 3.40. The predicted octanol–water partition coefficient (Wildman–Crippen LogP) is 4.99. The molecule has 2 nitrogen and oxygen atoms in total. The van der Waals surface area contributed by atoms with Crippen LogP contribution in [0.2, 0.25) is 0 Å². The number of benzene rings is 2. The van der Waals surface area contributed by atoms with Gasteiger partial charge in [0.1, 0.15) is 0 Å². The molecule has 0 bridgehead atoms. The van der Waals surface area contributed by atoms with E-state index >= 15 is 0 Å². The van der Waals surface area contributed by atoms with Gasteiger partial charge in [0.25, 0.3) is 0 Å². The maximum absolute atomic E-state index is 6.35. The van der Waals surface area contributed by atoms with Crippen LogP contribution in [-0.4, -0.2) is 18.9 Å². The molecule has 0 N–H and O–H groups in total. The second-order valence-corrected chi connectivity index (χ2v) is 7.55. The maximum Gasteiger partial charge on any atom is 0.170 e. The number of hydrogen-bond acceptors (Lipinski definition) is 2. The lowest BCUT2D eigenvalue weighted by Gasteiger charge is -2.39. The number of para-hydroxylation sites is 1. The standard InChI is InChI=1S/C20H20BrNO/c1-19(2)16-8-4-6-10-18(16)22-13-14-23-20(19,22)12-11-15-7-3-5-9-17(15)21/h3-12H,13-14H2,1-2H3/b12-11+. The topological polar surface area (TPSA) is 12.5 Å². The van der Waals surface area contributed by atoms with Crippen LogP contribution in [0.25, 0.3) is 6.08 Å². The van der Waals surface area contributed by atoms with Gasteiger partial charge in [-0.15, -0.1) is 0 Å². The highest BCUT2D eigenvalue weighted by Crippen LogP contribution is 2.54. The third-order valence-electron chi connectivity index (χ3n) is 5.20. The first kappa shape index (κ1) is 15.0. The van der Waals surface area contributed by atoms with Gasteiger partial charge < -0.3 is 9.64 Å². The molecule has 0 radical (unpaired) electrons. The van der Waals surface area contributed by atoms with Crippen molar-refractivity contribution in [1.29, 1.82) is 0 Å². The van der Waals surface area contributed by atoms with Crippen molar-refractivity contribution in [3.63, 3.8) is 0 Å². The maximum atomic E-state index is 6.35. The van der Waals surface area contributed by atoms with E-state index in [2.05, 4.69) is 89.3 Å². The van der Waals surface area contributed by atoms with E-state index in [1.165, 1.54) is 16.8 Å². The normalized spacial score (nSPS) is 24.9. The van der Waals surface area contributed by atoms with Crippen molar-refractivity contribution in [3.8, 4) is 0 Å². The molecule has 23 heavy (non-hydrogen) atoms. The van der Waals surface area contributed by atoms with Crippen molar-refractivity contribution >= 4 is 27.7 Å². The van der Waals surface area contributed by atoms with E-state index in [0.29, 0.717) is 0 Å². The van der Waals surface area contributed by atoms with Gasteiger partial charge in [-0.1, -0.05) is 72.3 Å². The second-order valence-electron chi connectivity index (χ2n) is 6.69. The Hall–Kier alpha value is -1.58. The molecule has 2 aliphatic heterocycles. The van der Waals surface area contributed by atoms with E-state index in [1.54, 1.807) is 0 Å². The van der Waals surface area contributed by atoms with Crippen molar-refractivity contribution in [3.05, 3.63) is 70.2 Å². The first-order valence-electron chi connectivity index (χ1n) is 8.01. The van der Waals surface area contributed by atoms with Crippen LogP contribution in [0.1, 0.15) is 25.0 Å². The van der Waals surface area contributed by atoms with E-state index in [-0.39, 0.29) is 5.41 Å². The Morgan fingerprint density at radius 1 is 1.09 bits per heavy atom. The van der Waals surface area contributed by atoms with Crippen LogP contribution in [0, 0.1) is 0 Å². The molecule has 0 spiro atoms. The third-order valence-corrected chi connectivity index (χ3v) is 5.92. The molecule has 1 fully saturated rings. The molecule has 1 unspecified atom stereocenters. The van der Waals surface area contributed by atoms with Gasteiger partial charge in [0, 0.05) is 22.1 Å². The van der Waals surface area contributed by atoms with Gasteiger partial charge >= 0.3 is 0 Å². The molecule has 2 heterocycles. The minimum Gasteiger partial charge on any atom is -0.349 e. The van der Waals surface area contributed by atoms with Gasteiger partial charge in [0.2, 0.25) is 0 Å². The zero-order chi connectivity index (χ0) is 16.1. The van der Waals surface area contributed by atoms with E-state index in [0.717, 1.165) is 17.6 Å². The molecule has 2 aromatic rings. The molecule has 2 aromatic carbocycles. The second kappa shape index (κ2) is 5.22. The summed E-state index contributed by atoms with van der Waals surface area (Å²) in [7, 11) is 0. The predicted molar refractivity (Wildman–Crippen MR) is 98.7 cm³/mol. The highest BCUT2D eigenvalue weighted by molar-refractivity contribution is 9.10. The lowest BCUT2D eigenvalue weighted by molar-refractivity contribution is 0.000336. The van der Waals surface area contributed by atoms with Crippen molar-refractivity contribution in [2.75, 3.05) is 18.1 Å². The molecular weight excluding hydrogens is 350 g/mol. The van der Waals surface area contributed by atoms with Crippen molar-refractivity contribution in [1.82, 2.24) is 0 Å². The minimum absolute atomic E-state index is 0.0994. The fraction of sp³-hybridized carbons (Fsp3) is 0.300. The first-order chi connectivity index (χ1) is 11.1. The van der Waals surface area contributed by atoms with Crippen LogP contribution in [0.5, 0.6) is 0 Å². The van der Waals surface area contributed by atoms with E-state index in [9.17, 15) is 0 Å². The number of halogens is 1. The third kappa shape index (κ3) is 2.03. The average molecular weight is 370 g/mol. The monoisotopic (exact) mass is 369 g/mol. The van der Waals surface area contributed by atoms with Crippen LogP contribution in [0.3, 0.4) is 0 Å². The largest absolute Gasteiger partial charge is 0.349 e. The van der Waals surface area contributed by atoms with Gasteiger partial charge in [-0.2, -0.15) is 0 Å². The van der Waals surface area contributed by atoms with Gasteiger partial charge in [-0.05, 0) is 29.3 Å². The number of fused-ring (bicyclic) bond motifs is 3. The Morgan fingerprint density at radius 2 is 1.83 bits per heavy atom. The molecule has 0 aromatic heterocycles. The Morgan fingerprint density at radius 3 is 2.65 bits per heavy atom. The molecular formula is C20H20BrNO. The number of anilines is 1. The molecule has 0 aliphatic carbocycles. The fourth-order valence-electron chi connectivity index (χ4n) is 3.94. The van der Waals surface area contributed by atoms with Crippen molar-refractivity contribution in [2.24, 2.45) is 0 Å². The quantitative estimate of drug-likeness (QED) is 0.739. The summed E-state index contributed by atoms with van der Waals surface area (Å²) in [5.41, 5.74) is 3.32. The van der Waals surface area contributed by atoms with Gasteiger partial charge in [-0.3, -0.25) is 0 Å². The van der Waals surface area contributed by atoms with Crippen molar-refractivity contribution < 1.29 is 4.74 Å². The Balaban J connectivity index is 1.82. The first-order valence-corrected chi connectivity index (χ1v) is 8.80. The number of ether oxygens (including phenoxy) is 1. The van der Waals surface area contributed by atoms with Crippen molar-refractivity contribution in [2.45, 2.75) is 25.0 Å². The number of rotatable bonds is 2. The summed E-state index contributed by atoms with van der Waals surface area (Å²) >= 11 is 3.63. The number of nitrogens with zero attached hydrogens (tertiary/aromatic N) is 1. The van der Waals surface area contributed by atoms with E-state index < -0.39 is 5.72 Å². The highest BCUT2D eigenvalue weighted by atomic mass is 79.9. The molecule has 118 valence electrons. The van der Waals surface area contributed by atoms with Crippen LogP contribution >= 0.6 is 15.9 Å². The Labute approximate surface area is 145 Å². The summed E-state index contributed by atoms with van der Waals surface area (Å²) in [5.74, 6) is 0. The van der Waals surface area contributed by atoms with Gasteiger partial charge in [0.05, 0.1) is 6.61 Å². The molecule has 0 saturated carbocycles. The van der Waals surface area contributed by atoms with Crippen LogP contribution in [0.15, 0.2) is 59.1 Å². The summed E-state index contributed by atoms with van der Waals surface area (Å²) in [6.07, 6.45) is 4.41. The van der Waals surface area contributed by atoms with Crippen LogP contribution < -0.4 is 4.90 Å². The molecule has 1 atom stereocenters. The molecule has 1 saturated heterocycles. The highest BCUT2D eigenvalue weighted by Gasteiger charge is 2.58. The van der Waals surface area contributed by atoms with E-state index in [4.69, 9.17) is 4.74 Å². The van der Waals surface area contributed by atoms with Crippen LogP contribution in [0.4, 0.5) is 5.69 Å².